The van der Waals surface area contributed by atoms with Crippen LogP contribution in [-0.2, 0) is 16.6 Å². The van der Waals surface area contributed by atoms with Crippen LogP contribution < -0.4 is 5.73 Å². The van der Waals surface area contributed by atoms with Crippen LogP contribution in [0.5, 0.6) is 0 Å². The fraction of sp³-hybridized carbons (Fsp3) is 0.600. The normalized spacial score (nSPS) is 17.9. The molecule has 2 heterocycles. The first kappa shape index (κ1) is 16.7. The Bertz CT molecular complexity index is 652. The number of nitrogens with zero attached hydrogens (tertiary/aromatic N) is 1. The van der Waals surface area contributed by atoms with Gasteiger partial charge in [0, 0.05) is 29.4 Å². The SMILES string of the molecule is Cc1sc(CN)cc1S(=O)(=O)N1CC=C(C(C)(C)C)CC1. The van der Waals surface area contributed by atoms with E-state index in [4.69, 9.17) is 5.73 Å². The minimum atomic E-state index is -3.41. The van der Waals surface area contributed by atoms with Crippen LogP contribution in [0, 0.1) is 12.3 Å². The van der Waals surface area contributed by atoms with E-state index in [0.29, 0.717) is 24.5 Å². The zero-order chi connectivity index (χ0) is 15.8. The highest BCUT2D eigenvalue weighted by Crippen LogP contribution is 2.33. The van der Waals surface area contributed by atoms with Crippen LogP contribution in [-0.4, -0.2) is 25.8 Å². The molecule has 4 nitrogen and oxygen atoms in total. The number of thiophene rings is 1. The van der Waals surface area contributed by atoms with Gasteiger partial charge in [0.25, 0.3) is 0 Å². The first-order chi connectivity index (χ1) is 9.66. The average molecular weight is 329 g/mol. The predicted octanol–water partition coefficient (Wildman–Crippen LogP) is 2.88. The van der Waals surface area contributed by atoms with E-state index in [1.807, 2.05) is 6.92 Å². The number of hydrogen-bond donors (Lipinski definition) is 1. The van der Waals surface area contributed by atoms with Crippen LogP contribution >= 0.6 is 11.3 Å². The maximum atomic E-state index is 12.8. The fourth-order valence-corrected chi connectivity index (χ4v) is 5.43. The van der Waals surface area contributed by atoms with Gasteiger partial charge in [0.2, 0.25) is 10.0 Å². The van der Waals surface area contributed by atoms with E-state index < -0.39 is 10.0 Å². The molecule has 0 aromatic carbocycles. The molecule has 1 aliphatic rings. The van der Waals surface area contributed by atoms with Crippen molar-refractivity contribution in [2.24, 2.45) is 11.1 Å². The number of rotatable bonds is 3. The summed E-state index contributed by atoms with van der Waals surface area (Å²) in [6.07, 6.45) is 2.86. The lowest BCUT2D eigenvalue weighted by molar-refractivity contribution is 0.389. The second-order valence-corrected chi connectivity index (χ2v) is 9.68. The average Bonchev–Trinajstić information content (AvgIpc) is 2.80. The predicted molar refractivity (Wildman–Crippen MR) is 87.9 cm³/mol. The number of aryl methyl sites for hydroxylation is 1. The topological polar surface area (TPSA) is 63.4 Å². The molecule has 0 fully saturated rings. The van der Waals surface area contributed by atoms with Gasteiger partial charge in [-0.25, -0.2) is 8.42 Å². The maximum Gasteiger partial charge on any atom is 0.244 e. The van der Waals surface area contributed by atoms with Gasteiger partial charge < -0.3 is 5.73 Å². The van der Waals surface area contributed by atoms with Crippen LogP contribution in [0.15, 0.2) is 22.6 Å². The summed E-state index contributed by atoms with van der Waals surface area (Å²) >= 11 is 1.46. The molecule has 0 aliphatic carbocycles. The minimum absolute atomic E-state index is 0.112. The van der Waals surface area contributed by atoms with Crippen molar-refractivity contribution in [2.45, 2.75) is 45.6 Å². The highest BCUT2D eigenvalue weighted by Gasteiger charge is 2.30. The number of sulfonamides is 1. The molecule has 118 valence electrons. The molecule has 0 bridgehead atoms. The zero-order valence-electron chi connectivity index (χ0n) is 13.1. The van der Waals surface area contributed by atoms with Gasteiger partial charge >= 0.3 is 0 Å². The van der Waals surface area contributed by atoms with E-state index in [1.165, 1.54) is 16.9 Å². The van der Waals surface area contributed by atoms with Crippen molar-refractivity contribution >= 4 is 21.4 Å². The largest absolute Gasteiger partial charge is 0.326 e. The lowest BCUT2D eigenvalue weighted by atomic mass is 9.83. The Kier molecular flexibility index (Phi) is 4.63. The Labute approximate surface area is 131 Å². The monoisotopic (exact) mass is 328 g/mol. The van der Waals surface area contributed by atoms with Gasteiger partial charge in [-0.05, 0) is 24.8 Å². The van der Waals surface area contributed by atoms with E-state index in [1.54, 1.807) is 10.4 Å². The lowest BCUT2D eigenvalue weighted by Gasteiger charge is -2.31. The highest BCUT2D eigenvalue weighted by atomic mass is 32.2. The summed E-state index contributed by atoms with van der Waals surface area (Å²) in [7, 11) is -3.41. The Morgan fingerprint density at radius 1 is 1.38 bits per heavy atom. The first-order valence-electron chi connectivity index (χ1n) is 7.15. The third kappa shape index (κ3) is 3.39. The van der Waals surface area contributed by atoms with Gasteiger partial charge in [-0.1, -0.05) is 32.4 Å². The van der Waals surface area contributed by atoms with Gasteiger partial charge in [0.05, 0.1) is 4.90 Å². The van der Waals surface area contributed by atoms with Crippen LogP contribution in [0.3, 0.4) is 0 Å². The molecule has 2 N–H and O–H groups in total. The van der Waals surface area contributed by atoms with E-state index >= 15 is 0 Å². The van der Waals surface area contributed by atoms with E-state index in [2.05, 4.69) is 26.8 Å². The maximum absolute atomic E-state index is 12.8. The molecule has 1 aromatic rings. The van der Waals surface area contributed by atoms with Crippen LogP contribution in [0.4, 0.5) is 0 Å². The van der Waals surface area contributed by atoms with Gasteiger partial charge in [-0.2, -0.15) is 4.31 Å². The molecular formula is C15H24N2O2S2. The molecule has 0 atom stereocenters. The second kappa shape index (κ2) is 5.83. The van der Waals surface area contributed by atoms with Crippen LogP contribution in [0.25, 0.3) is 0 Å². The van der Waals surface area contributed by atoms with Crippen molar-refractivity contribution in [2.75, 3.05) is 13.1 Å². The van der Waals surface area contributed by atoms with Gasteiger partial charge in [-0.3, -0.25) is 0 Å². The Morgan fingerprint density at radius 2 is 2.05 bits per heavy atom. The molecular weight excluding hydrogens is 304 g/mol. The third-order valence-electron chi connectivity index (χ3n) is 3.88. The summed E-state index contributed by atoms with van der Waals surface area (Å²) in [5, 5.41) is 0. The molecule has 0 spiro atoms. The van der Waals surface area contributed by atoms with Gasteiger partial charge in [-0.15, -0.1) is 11.3 Å². The van der Waals surface area contributed by atoms with Crippen molar-refractivity contribution < 1.29 is 8.42 Å². The molecule has 0 radical (unpaired) electrons. The summed E-state index contributed by atoms with van der Waals surface area (Å²) in [6, 6.07) is 1.72. The lowest BCUT2D eigenvalue weighted by Crippen LogP contribution is -2.36. The minimum Gasteiger partial charge on any atom is -0.326 e. The van der Waals surface area contributed by atoms with Crippen LogP contribution in [0.1, 0.15) is 36.9 Å². The smallest absolute Gasteiger partial charge is 0.244 e. The Hall–Kier alpha value is -0.690. The fourth-order valence-electron chi connectivity index (χ4n) is 2.57. The van der Waals surface area contributed by atoms with Crippen molar-refractivity contribution in [1.82, 2.24) is 4.31 Å². The zero-order valence-corrected chi connectivity index (χ0v) is 14.8. The molecule has 0 unspecified atom stereocenters. The van der Waals surface area contributed by atoms with Crippen molar-refractivity contribution in [3.8, 4) is 0 Å². The van der Waals surface area contributed by atoms with Crippen molar-refractivity contribution in [3.05, 3.63) is 27.5 Å². The van der Waals surface area contributed by atoms with E-state index in [9.17, 15) is 8.42 Å². The summed E-state index contributed by atoms with van der Waals surface area (Å²) in [5.41, 5.74) is 7.06. The Balaban J connectivity index is 2.26. The van der Waals surface area contributed by atoms with Crippen molar-refractivity contribution in [3.63, 3.8) is 0 Å². The number of hydrogen-bond acceptors (Lipinski definition) is 4. The highest BCUT2D eigenvalue weighted by molar-refractivity contribution is 7.89. The molecule has 21 heavy (non-hydrogen) atoms. The molecule has 2 rings (SSSR count). The summed E-state index contributed by atoms with van der Waals surface area (Å²) < 4.78 is 27.1. The Morgan fingerprint density at radius 3 is 2.48 bits per heavy atom. The molecule has 0 saturated heterocycles. The third-order valence-corrected chi connectivity index (χ3v) is 7.07. The van der Waals surface area contributed by atoms with E-state index in [-0.39, 0.29) is 5.41 Å². The van der Waals surface area contributed by atoms with Gasteiger partial charge in [0.1, 0.15) is 0 Å². The summed E-state index contributed by atoms with van der Waals surface area (Å²) in [6.45, 7) is 9.74. The molecule has 1 aromatic heterocycles. The van der Waals surface area contributed by atoms with Crippen molar-refractivity contribution in [1.29, 1.82) is 0 Å². The molecule has 1 aliphatic heterocycles. The molecule has 0 amide bonds. The quantitative estimate of drug-likeness (QED) is 0.868. The van der Waals surface area contributed by atoms with Crippen LogP contribution in [0.2, 0.25) is 0 Å². The molecule has 6 heteroatoms. The second-order valence-electron chi connectivity index (χ2n) is 6.43. The standard InChI is InChI=1S/C15H24N2O2S2/c1-11-14(9-13(10-16)20-11)21(18,19)17-7-5-12(6-8-17)15(2,3)4/h5,9H,6-8,10,16H2,1-4H3. The van der Waals surface area contributed by atoms with Gasteiger partial charge in [0.15, 0.2) is 0 Å². The first-order valence-corrected chi connectivity index (χ1v) is 9.41. The summed E-state index contributed by atoms with van der Waals surface area (Å²) in [4.78, 5) is 2.15. The summed E-state index contributed by atoms with van der Waals surface area (Å²) in [5.74, 6) is 0. The number of nitrogens with two attached hydrogens (primary N) is 1. The van der Waals surface area contributed by atoms with E-state index in [0.717, 1.165) is 16.2 Å². The molecule has 0 saturated carbocycles.